The van der Waals surface area contributed by atoms with Crippen molar-refractivity contribution in [3.63, 3.8) is 0 Å². The Hall–Kier alpha value is -2.21. The molecule has 3 rings (SSSR count). The molecule has 0 saturated heterocycles. The fourth-order valence-electron chi connectivity index (χ4n) is 2.33. The lowest BCUT2D eigenvalue weighted by Crippen LogP contribution is -2.22. The standard InChI is InChI=1S/C17H16BrN3O2/c1-3-4-16-20-14-6-5-12(18)9-13(14)17(22)21(16)19-10-15-11(2)7-8-23-15/h5-10H,3-4H2,1-2H3. The molecule has 0 aliphatic carbocycles. The summed E-state index contributed by atoms with van der Waals surface area (Å²) in [4.78, 5) is 17.4. The van der Waals surface area contributed by atoms with E-state index >= 15 is 0 Å². The van der Waals surface area contributed by atoms with Crippen LogP contribution in [0.15, 0.2) is 49.3 Å². The predicted octanol–water partition coefficient (Wildman–Crippen LogP) is 3.90. The number of aryl methyl sites for hydroxylation is 2. The molecule has 1 aromatic carbocycles. The molecule has 0 bridgehead atoms. The summed E-state index contributed by atoms with van der Waals surface area (Å²) in [7, 11) is 0. The highest BCUT2D eigenvalue weighted by Gasteiger charge is 2.10. The summed E-state index contributed by atoms with van der Waals surface area (Å²) in [6, 6.07) is 7.34. The van der Waals surface area contributed by atoms with Gasteiger partial charge in [0.15, 0.2) is 0 Å². The highest BCUT2D eigenvalue weighted by atomic mass is 79.9. The van der Waals surface area contributed by atoms with Gasteiger partial charge in [0.05, 0.1) is 23.4 Å². The molecule has 0 atom stereocenters. The van der Waals surface area contributed by atoms with Gasteiger partial charge in [-0.3, -0.25) is 4.79 Å². The number of nitrogens with zero attached hydrogens (tertiary/aromatic N) is 3. The van der Waals surface area contributed by atoms with Crippen molar-refractivity contribution in [3.8, 4) is 0 Å². The Morgan fingerprint density at radius 3 is 2.91 bits per heavy atom. The van der Waals surface area contributed by atoms with Gasteiger partial charge in [-0.25, -0.2) is 4.98 Å². The Morgan fingerprint density at radius 1 is 1.39 bits per heavy atom. The molecule has 0 amide bonds. The topological polar surface area (TPSA) is 60.4 Å². The van der Waals surface area contributed by atoms with Crippen molar-refractivity contribution in [2.75, 3.05) is 0 Å². The minimum Gasteiger partial charge on any atom is -0.463 e. The van der Waals surface area contributed by atoms with Crippen molar-refractivity contribution < 1.29 is 4.42 Å². The molecule has 23 heavy (non-hydrogen) atoms. The van der Waals surface area contributed by atoms with Crippen LogP contribution in [0.2, 0.25) is 0 Å². The van der Waals surface area contributed by atoms with Crippen molar-refractivity contribution >= 4 is 33.0 Å². The number of aromatic nitrogens is 2. The summed E-state index contributed by atoms with van der Waals surface area (Å²) >= 11 is 3.39. The first-order valence-corrected chi connectivity index (χ1v) is 8.19. The smallest absolute Gasteiger partial charge is 0.282 e. The minimum atomic E-state index is -0.180. The van der Waals surface area contributed by atoms with Crippen LogP contribution in [0.1, 0.15) is 30.5 Å². The molecule has 0 aliphatic rings. The number of furan rings is 1. The fraction of sp³-hybridized carbons (Fsp3) is 0.235. The van der Waals surface area contributed by atoms with E-state index in [-0.39, 0.29) is 5.56 Å². The zero-order valence-corrected chi connectivity index (χ0v) is 14.5. The van der Waals surface area contributed by atoms with E-state index in [1.165, 1.54) is 4.68 Å². The molecular formula is C17H16BrN3O2. The lowest BCUT2D eigenvalue weighted by atomic mass is 10.2. The van der Waals surface area contributed by atoms with Gasteiger partial charge in [0.2, 0.25) is 0 Å². The molecule has 0 N–H and O–H groups in total. The predicted molar refractivity (Wildman–Crippen MR) is 94.1 cm³/mol. The number of halogens is 1. The first-order chi connectivity index (χ1) is 11.1. The highest BCUT2D eigenvalue weighted by molar-refractivity contribution is 9.10. The van der Waals surface area contributed by atoms with Crippen LogP contribution in [0.4, 0.5) is 0 Å². The lowest BCUT2D eigenvalue weighted by molar-refractivity contribution is 0.557. The van der Waals surface area contributed by atoms with Crippen molar-refractivity contribution in [1.82, 2.24) is 9.66 Å². The first-order valence-electron chi connectivity index (χ1n) is 7.39. The summed E-state index contributed by atoms with van der Waals surface area (Å²) in [5.41, 5.74) is 1.47. The SMILES string of the molecule is CCCc1nc2ccc(Br)cc2c(=O)n1N=Cc1occc1C. The highest BCUT2D eigenvalue weighted by Crippen LogP contribution is 2.16. The van der Waals surface area contributed by atoms with Crippen LogP contribution in [0.25, 0.3) is 10.9 Å². The van der Waals surface area contributed by atoms with Crippen LogP contribution >= 0.6 is 15.9 Å². The van der Waals surface area contributed by atoms with Gasteiger partial charge in [-0.15, -0.1) is 0 Å². The van der Waals surface area contributed by atoms with Gasteiger partial charge in [-0.2, -0.15) is 9.78 Å². The largest absolute Gasteiger partial charge is 0.463 e. The van der Waals surface area contributed by atoms with Crippen molar-refractivity contribution in [2.24, 2.45) is 5.10 Å². The van der Waals surface area contributed by atoms with Gasteiger partial charge >= 0.3 is 0 Å². The van der Waals surface area contributed by atoms with E-state index in [0.717, 1.165) is 16.5 Å². The van der Waals surface area contributed by atoms with E-state index in [4.69, 9.17) is 4.42 Å². The molecular weight excluding hydrogens is 358 g/mol. The maximum Gasteiger partial charge on any atom is 0.282 e. The van der Waals surface area contributed by atoms with Gasteiger partial charge < -0.3 is 4.42 Å². The molecule has 0 spiro atoms. The molecule has 6 heteroatoms. The average Bonchev–Trinajstić information content (AvgIpc) is 2.93. The lowest BCUT2D eigenvalue weighted by Gasteiger charge is -2.08. The summed E-state index contributed by atoms with van der Waals surface area (Å²) in [5, 5.41) is 4.85. The zero-order chi connectivity index (χ0) is 16.4. The Bertz CT molecular complexity index is 941. The summed E-state index contributed by atoms with van der Waals surface area (Å²) in [6.07, 6.45) is 4.71. The van der Waals surface area contributed by atoms with E-state index in [9.17, 15) is 4.79 Å². The monoisotopic (exact) mass is 373 g/mol. The number of benzene rings is 1. The van der Waals surface area contributed by atoms with Crippen LogP contribution < -0.4 is 5.56 Å². The zero-order valence-electron chi connectivity index (χ0n) is 12.9. The quantitative estimate of drug-likeness (QED) is 0.651. The molecule has 5 nitrogen and oxygen atoms in total. The third-order valence-electron chi connectivity index (χ3n) is 3.54. The van der Waals surface area contributed by atoms with Crippen molar-refractivity contribution in [1.29, 1.82) is 0 Å². The van der Waals surface area contributed by atoms with Crippen LogP contribution in [0, 0.1) is 6.92 Å². The number of rotatable bonds is 4. The second kappa shape index (κ2) is 6.50. The molecule has 118 valence electrons. The summed E-state index contributed by atoms with van der Waals surface area (Å²) in [6.45, 7) is 3.97. The normalized spacial score (nSPS) is 11.6. The number of hydrogen-bond acceptors (Lipinski definition) is 4. The van der Waals surface area contributed by atoms with Gasteiger partial charge in [-0.1, -0.05) is 22.9 Å². The average molecular weight is 374 g/mol. The Balaban J connectivity index is 2.18. The minimum absolute atomic E-state index is 0.180. The second-order valence-electron chi connectivity index (χ2n) is 5.27. The van der Waals surface area contributed by atoms with Crippen LogP contribution in [0.5, 0.6) is 0 Å². The molecule has 0 fully saturated rings. The van der Waals surface area contributed by atoms with E-state index in [1.807, 2.05) is 32.0 Å². The van der Waals surface area contributed by atoms with Gasteiger partial charge in [0.25, 0.3) is 5.56 Å². The van der Waals surface area contributed by atoms with Crippen molar-refractivity contribution in [3.05, 3.63) is 62.5 Å². The van der Waals surface area contributed by atoms with Crippen LogP contribution in [-0.2, 0) is 6.42 Å². The Kier molecular flexibility index (Phi) is 4.43. The summed E-state index contributed by atoms with van der Waals surface area (Å²) < 4.78 is 7.54. The third-order valence-corrected chi connectivity index (χ3v) is 4.03. The molecule has 2 heterocycles. The fourth-order valence-corrected chi connectivity index (χ4v) is 2.69. The number of hydrogen-bond donors (Lipinski definition) is 0. The Labute approximate surface area is 141 Å². The van der Waals surface area contributed by atoms with Crippen LogP contribution in [-0.4, -0.2) is 15.9 Å². The maximum absolute atomic E-state index is 12.8. The second-order valence-corrected chi connectivity index (χ2v) is 6.18. The van der Waals surface area contributed by atoms with Gasteiger partial charge in [-0.05, 0) is 43.2 Å². The summed E-state index contributed by atoms with van der Waals surface area (Å²) in [5.74, 6) is 1.28. The maximum atomic E-state index is 12.8. The third kappa shape index (κ3) is 3.12. The van der Waals surface area contributed by atoms with E-state index in [1.54, 1.807) is 18.5 Å². The Morgan fingerprint density at radius 2 is 2.22 bits per heavy atom. The van der Waals surface area contributed by atoms with E-state index in [0.29, 0.717) is 28.9 Å². The molecule has 0 aliphatic heterocycles. The van der Waals surface area contributed by atoms with Crippen molar-refractivity contribution in [2.45, 2.75) is 26.7 Å². The molecule has 2 aromatic heterocycles. The molecule has 0 unspecified atom stereocenters. The van der Waals surface area contributed by atoms with Gasteiger partial charge in [0.1, 0.15) is 11.6 Å². The molecule has 0 radical (unpaired) electrons. The van der Waals surface area contributed by atoms with Crippen LogP contribution in [0.3, 0.4) is 0 Å². The van der Waals surface area contributed by atoms with E-state index in [2.05, 4.69) is 26.0 Å². The number of fused-ring (bicyclic) bond motifs is 1. The molecule has 3 aromatic rings. The van der Waals surface area contributed by atoms with E-state index < -0.39 is 0 Å². The molecule has 0 saturated carbocycles. The first kappa shape index (κ1) is 15.7. The van der Waals surface area contributed by atoms with Gasteiger partial charge in [0, 0.05) is 10.9 Å².